The number of benzene rings is 2. The van der Waals surface area contributed by atoms with Crippen LogP contribution in [-0.4, -0.2) is 6.04 Å². The number of alkyl halides is 3. The molecule has 0 bridgehead atoms. The monoisotopic (exact) mass is 307 g/mol. The topological polar surface area (TPSA) is 12.0 Å². The van der Waals surface area contributed by atoms with Gasteiger partial charge in [0.2, 0.25) is 0 Å². The van der Waals surface area contributed by atoms with Crippen LogP contribution >= 0.6 is 0 Å². The number of hydrogen-bond donors (Lipinski definition) is 1. The van der Waals surface area contributed by atoms with E-state index >= 15 is 0 Å². The smallest absolute Gasteiger partial charge is 0.307 e. The average molecular weight is 307 g/mol. The Morgan fingerprint density at radius 1 is 0.955 bits per heavy atom. The van der Waals surface area contributed by atoms with Crippen molar-refractivity contribution in [3.63, 3.8) is 0 Å². The lowest BCUT2D eigenvalue weighted by Gasteiger charge is -2.21. The van der Waals surface area contributed by atoms with Gasteiger partial charge in [0.25, 0.3) is 0 Å². The Hall–Kier alpha value is -1.81. The molecule has 4 heteroatoms. The minimum Gasteiger partial charge on any atom is -0.307 e. The first kappa shape index (κ1) is 16.6. The standard InChI is InChI=1S/C18H20F3N/c1-13(22-14(2)16-8-4-3-5-9-16)11-15-7-6-10-17(12-15)18(19,20)21/h3-10,12-14,22H,11H2,1-2H3/t13-,14-/m1/s1. The summed E-state index contributed by atoms with van der Waals surface area (Å²) in [6.07, 6.45) is -3.73. The Kier molecular flexibility index (Phi) is 5.24. The quantitative estimate of drug-likeness (QED) is 0.821. The lowest BCUT2D eigenvalue weighted by Crippen LogP contribution is -2.30. The molecule has 0 fully saturated rings. The predicted molar refractivity (Wildman–Crippen MR) is 82.6 cm³/mol. The van der Waals surface area contributed by atoms with Crippen LogP contribution in [0.4, 0.5) is 13.2 Å². The number of rotatable bonds is 5. The van der Waals surface area contributed by atoms with Gasteiger partial charge in [-0.1, -0.05) is 48.5 Å². The van der Waals surface area contributed by atoms with Crippen molar-refractivity contribution in [2.45, 2.75) is 38.5 Å². The van der Waals surface area contributed by atoms with Crippen LogP contribution in [0, 0.1) is 0 Å². The normalized spacial score (nSPS) is 14.6. The molecule has 0 aliphatic heterocycles. The summed E-state index contributed by atoms with van der Waals surface area (Å²) in [6.45, 7) is 4.04. The highest BCUT2D eigenvalue weighted by molar-refractivity contribution is 5.26. The van der Waals surface area contributed by atoms with Crippen molar-refractivity contribution in [1.82, 2.24) is 5.32 Å². The zero-order valence-electron chi connectivity index (χ0n) is 12.7. The van der Waals surface area contributed by atoms with E-state index in [1.54, 1.807) is 6.07 Å². The molecule has 0 aliphatic rings. The summed E-state index contributed by atoms with van der Waals surface area (Å²) in [5, 5.41) is 3.42. The minimum absolute atomic E-state index is 0.0821. The number of hydrogen-bond acceptors (Lipinski definition) is 1. The predicted octanol–water partition coefficient (Wildman–Crippen LogP) is 4.99. The van der Waals surface area contributed by atoms with E-state index in [9.17, 15) is 13.2 Å². The van der Waals surface area contributed by atoms with E-state index < -0.39 is 11.7 Å². The third-order valence-corrected chi connectivity index (χ3v) is 3.63. The molecule has 0 saturated heterocycles. The summed E-state index contributed by atoms with van der Waals surface area (Å²) in [7, 11) is 0. The van der Waals surface area contributed by atoms with Gasteiger partial charge in [0, 0.05) is 12.1 Å². The second-order valence-electron chi connectivity index (χ2n) is 5.60. The molecule has 0 radical (unpaired) electrons. The van der Waals surface area contributed by atoms with Gasteiger partial charge in [-0.05, 0) is 37.5 Å². The SMILES string of the molecule is C[C@H](Cc1cccc(C(F)(F)F)c1)N[C@H](C)c1ccccc1. The summed E-state index contributed by atoms with van der Waals surface area (Å²) in [5.41, 5.74) is 1.27. The minimum atomic E-state index is -4.29. The molecular weight excluding hydrogens is 287 g/mol. The highest BCUT2D eigenvalue weighted by atomic mass is 19.4. The Morgan fingerprint density at radius 3 is 2.27 bits per heavy atom. The van der Waals surface area contributed by atoms with E-state index in [2.05, 4.69) is 12.2 Å². The van der Waals surface area contributed by atoms with E-state index in [0.717, 1.165) is 6.07 Å². The summed E-state index contributed by atoms with van der Waals surface area (Å²) < 4.78 is 38.2. The van der Waals surface area contributed by atoms with Crippen LogP contribution in [0.25, 0.3) is 0 Å². The molecule has 0 aromatic heterocycles. The summed E-state index contributed by atoms with van der Waals surface area (Å²) in [4.78, 5) is 0. The van der Waals surface area contributed by atoms with Crippen molar-refractivity contribution in [1.29, 1.82) is 0 Å². The van der Waals surface area contributed by atoms with Gasteiger partial charge in [0.05, 0.1) is 5.56 Å². The Morgan fingerprint density at radius 2 is 1.64 bits per heavy atom. The van der Waals surface area contributed by atoms with Gasteiger partial charge >= 0.3 is 6.18 Å². The average Bonchev–Trinajstić information content (AvgIpc) is 2.47. The van der Waals surface area contributed by atoms with Crippen LogP contribution in [0.1, 0.15) is 36.6 Å². The van der Waals surface area contributed by atoms with E-state index in [4.69, 9.17) is 0 Å². The van der Waals surface area contributed by atoms with Gasteiger partial charge in [0.1, 0.15) is 0 Å². The summed E-state index contributed by atoms with van der Waals surface area (Å²) in [5.74, 6) is 0. The van der Waals surface area contributed by atoms with Gasteiger partial charge in [-0.2, -0.15) is 13.2 Å². The molecular formula is C18H20F3N. The highest BCUT2D eigenvalue weighted by Gasteiger charge is 2.30. The van der Waals surface area contributed by atoms with E-state index in [1.807, 2.05) is 37.3 Å². The van der Waals surface area contributed by atoms with Gasteiger partial charge in [-0.3, -0.25) is 0 Å². The molecule has 2 rings (SSSR count). The fraction of sp³-hybridized carbons (Fsp3) is 0.333. The van der Waals surface area contributed by atoms with Crippen LogP contribution in [0.3, 0.4) is 0 Å². The fourth-order valence-corrected chi connectivity index (χ4v) is 2.55. The van der Waals surface area contributed by atoms with Crippen LogP contribution < -0.4 is 5.32 Å². The number of halogens is 3. The van der Waals surface area contributed by atoms with Crippen LogP contribution in [0.2, 0.25) is 0 Å². The first-order chi connectivity index (χ1) is 10.4. The van der Waals surface area contributed by atoms with Crippen LogP contribution in [-0.2, 0) is 12.6 Å². The molecule has 1 N–H and O–H groups in total. The van der Waals surface area contributed by atoms with E-state index in [-0.39, 0.29) is 12.1 Å². The Bertz CT molecular complexity index is 593. The molecule has 0 unspecified atom stereocenters. The molecule has 0 heterocycles. The molecule has 2 aromatic carbocycles. The maximum Gasteiger partial charge on any atom is 0.416 e. The molecule has 2 atom stereocenters. The lowest BCUT2D eigenvalue weighted by molar-refractivity contribution is -0.137. The Labute approximate surface area is 129 Å². The van der Waals surface area contributed by atoms with Crippen LogP contribution in [0.5, 0.6) is 0 Å². The molecule has 0 aliphatic carbocycles. The van der Waals surface area contributed by atoms with Crippen molar-refractivity contribution in [3.8, 4) is 0 Å². The molecule has 118 valence electrons. The third-order valence-electron chi connectivity index (χ3n) is 3.63. The first-order valence-electron chi connectivity index (χ1n) is 7.33. The molecule has 22 heavy (non-hydrogen) atoms. The number of nitrogens with one attached hydrogen (secondary N) is 1. The van der Waals surface area contributed by atoms with E-state index in [0.29, 0.717) is 12.0 Å². The Balaban J connectivity index is 1.99. The second kappa shape index (κ2) is 6.97. The van der Waals surface area contributed by atoms with Crippen molar-refractivity contribution in [2.24, 2.45) is 0 Å². The summed E-state index contributed by atoms with van der Waals surface area (Å²) in [6, 6.07) is 15.8. The van der Waals surface area contributed by atoms with Gasteiger partial charge in [0.15, 0.2) is 0 Å². The van der Waals surface area contributed by atoms with Gasteiger partial charge in [-0.25, -0.2) is 0 Å². The highest BCUT2D eigenvalue weighted by Crippen LogP contribution is 2.29. The molecule has 0 amide bonds. The van der Waals surface area contributed by atoms with Gasteiger partial charge < -0.3 is 5.32 Å². The largest absolute Gasteiger partial charge is 0.416 e. The third kappa shape index (κ3) is 4.60. The maximum atomic E-state index is 12.7. The molecule has 0 spiro atoms. The maximum absolute atomic E-state index is 12.7. The van der Waals surface area contributed by atoms with Crippen molar-refractivity contribution in [2.75, 3.05) is 0 Å². The zero-order chi connectivity index (χ0) is 16.2. The summed E-state index contributed by atoms with van der Waals surface area (Å²) >= 11 is 0. The zero-order valence-corrected chi connectivity index (χ0v) is 12.7. The molecule has 2 aromatic rings. The molecule has 1 nitrogen and oxygen atoms in total. The molecule has 0 saturated carbocycles. The first-order valence-corrected chi connectivity index (χ1v) is 7.33. The van der Waals surface area contributed by atoms with Gasteiger partial charge in [-0.15, -0.1) is 0 Å². The van der Waals surface area contributed by atoms with Crippen LogP contribution in [0.15, 0.2) is 54.6 Å². The second-order valence-corrected chi connectivity index (χ2v) is 5.60. The van der Waals surface area contributed by atoms with E-state index in [1.165, 1.54) is 17.7 Å². The fourth-order valence-electron chi connectivity index (χ4n) is 2.55. The lowest BCUT2D eigenvalue weighted by atomic mass is 10.0. The van der Waals surface area contributed by atoms with Crippen molar-refractivity contribution >= 4 is 0 Å². The van der Waals surface area contributed by atoms with Crippen molar-refractivity contribution in [3.05, 3.63) is 71.3 Å². The van der Waals surface area contributed by atoms with Crippen molar-refractivity contribution < 1.29 is 13.2 Å².